The molecule has 4 aromatic carbocycles. The molecule has 0 radical (unpaired) electrons. The lowest BCUT2D eigenvalue weighted by atomic mass is 9.98. The van der Waals surface area contributed by atoms with Gasteiger partial charge in [-0.15, -0.1) is 0 Å². The maximum absolute atomic E-state index is 13.0. The van der Waals surface area contributed by atoms with Gasteiger partial charge in [0, 0.05) is 41.9 Å². The van der Waals surface area contributed by atoms with Gasteiger partial charge < -0.3 is 25.4 Å². The fourth-order valence-electron chi connectivity index (χ4n) is 5.83. The summed E-state index contributed by atoms with van der Waals surface area (Å²) in [7, 11) is -4.40. The molecule has 0 aliphatic heterocycles. The first-order valence-electron chi connectivity index (χ1n) is 15.7. The molecule has 0 heterocycles. The van der Waals surface area contributed by atoms with Crippen molar-refractivity contribution in [1.82, 2.24) is 10.6 Å². The van der Waals surface area contributed by atoms with Crippen LogP contribution in [0, 0.1) is 0 Å². The maximum atomic E-state index is 13.0. The van der Waals surface area contributed by atoms with Crippen LogP contribution >= 0.6 is 0 Å². The number of hydrogen-bond donors (Lipinski definition) is 4. The van der Waals surface area contributed by atoms with Crippen molar-refractivity contribution in [2.75, 3.05) is 25.0 Å². The molecule has 12 heteroatoms. The number of benzene rings is 4. The number of carbonyl (C=O) groups is 3. The fraction of sp³-hybridized carbons (Fsp3) is 0.306. The van der Waals surface area contributed by atoms with Crippen LogP contribution in [0.3, 0.4) is 0 Å². The van der Waals surface area contributed by atoms with Crippen LogP contribution in [0.5, 0.6) is 0 Å². The van der Waals surface area contributed by atoms with Crippen LogP contribution in [-0.4, -0.2) is 62.3 Å². The van der Waals surface area contributed by atoms with Crippen molar-refractivity contribution in [3.63, 3.8) is 0 Å². The highest BCUT2D eigenvalue weighted by Gasteiger charge is 2.31. The van der Waals surface area contributed by atoms with Crippen molar-refractivity contribution in [3.05, 3.63) is 96.1 Å². The van der Waals surface area contributed by atoms with E-state index in [9.17, 15) is 27.4 Å². The fourth-order valence-corrected chi connectivity index (χ4v) is 6.53. The Morgan fingerprint density at radius 3 is 2.10 bits per heavy atom. The molecule has 0 bridgehead atoms. The summed E-state index contributed by atoms with van der Waals surface area (Å²) in [4.78, 5) is 38.5. The zero-order chi connectivity index (χ0) is 34.5. The van der Waals surface area contributed by atoms with Gasteiger partial charge in [-0.3, -0.25) is 9.35 Å². The zero-order valence-corrected chi connectivity index (χ0v) is 27.8. The van der Waals surface area contributed by atoms with Gasteiger partial charge in [0.25, 0.3) is 10.1 Å². The van der Waals surface area contributed by atoms with Crippen LogP contribution in [0.15, 0.2) is 89.8 Å². The summed E-state index contributed by atoms with van der Waals surface area (Å²) >= 11 is 0. The summed E-state index contributed by atoms with van der Waals surface area (Å²) in [6.07, 6.45) is -0.871. The van der Waals surface area contributed by atoms with Crippen molar-refractivity contribution in [1.29, 1.82) is 0 Å². The molecule has 0 saturated carbocycles. The van der Waals surface area contributed by atoms with E-state index in [4.69, 9.17) is 9.47 Å². The van der Waals surface area contributed by atoms with Crippen molar-refractivity contribution < 1.29 is 36.8 Å². The molecule has 0 saturated heterocycles. The van der Waals surface area contributed by atoms with E-state index in [0.29, 0.717) is 23.0 Å². The van der Waals surface area contributed by atoms with E-state index in [1.54, 1.807) is 45.0 Å². The highest BCUT2D eigenvalue weighted by atomic mass is 32.2. The lowest BCUT2D eigenvalue weighted by Gasteiger charge is -2.24. The van der Waals surface area contributed by atoms with Gasteiger partial charge in [0.05, 0.1) is 0 Å². The molecule has 11 nitrogen and oxygen atoms in total. The Labute approximate surface area is 279 Å². The molecule has 0 spiro atoms. The Morgan fingerprint density at radius 2 is 1.46 bits per heavy atom. The number of anilines is 1. The molecule has 4 N–H and O–H groups in total. The molecule has 1 unspecified atom stereocenters. The van der Waals surface area contributed by atoms with Gasteiger partial charge >= 0.3 is 12.1 Å². The van der Waals surface area contributed by atoms with E-state index in [1.807, 2.05) is 48.5 Å². The maximum Gasteiger partial charge on any atom is 0.407 e. The molecule has 1 atom stereocenters. The number of nitrogens with one attached hydrogen (secondary N) is 3. The van der Waals surface area contributed by atoms with E-state index in [0.717, 1.165) is 22.3 Å². The number of amides is 2. The van der Waals surface area contributed by atoms with E-state index in [2.05, 4.69) is 16.0 Å². The van der Waals surface area contributed by atoms with Crippen molar-refractivity contribution in [2.45, 2.75) is 56.1 Å². The lowest BCUT2D eigenvalue weighted by Crippen LogP contribution is -2.45. The molecule has 5 rings (SSSR count). The monoisotopic (exact) mass is 673 g/mol. The number of alkyl carbamates (subject to hydrolysis) is 1. The second-order valence-electron chi connectivity index (χ2n) is 12.5. The summed E-state index contributed by atoms with van der Waals surface area (Å²) in [6, 6.07) is 24.5. The molecule has 48 heavy (non-hydrogen) atoms. The summed E-state index contributed by atoms with van der Waals surface area (Å²) in [5, 5.41) is 9.51. The van der Waals surface area contributed by atoms with Crippen LogP contribution in [0.4, 0.5) is 10.5 Å². The molecular weight excluding hydrogens is 634 g/mol. The topological polar surface area (TPSA) is 160 Å². The number of hydrogen-bond acceptors (Lipinski definition) is 8. The third kappa shape index (κ3) is 8.31. The predicted molar refractivity (Wildman–Crippen MR) is 182 cm³/mol. The number of rotatable bonds is 12. The Hall–Kier alpha value is -4.94. The first-order chi connectivity index (χ1) is 22.8. The summed E-state index contributed by atoms with van der Waals surface area (Å²) < 4.78 is 44.2. The largest absolute Gasteiger partial charge is 0.458 e. The molecule has 1 aliphatic rings. The van der Waals surface area contributed by atoms with Crippen LogP contribution < -0.4 is 16.0 Å². The standard InChI is InChI=1S/C36H39N3O8S/c1-36(2,3)47-34(41)31(39-35(42)46-22-29-25-12-6-4-10-23(25)24-11-5-7-13-26(24)29)18-19-33(40)38-21-20-37-30-16-8-15-28-27(30)14-9-17-32(28)48(43,44)45/h4-17,29,31,37H,18-22H2,1-3H3,(H,38,40)(H,39,42)(H,43,44,45). The van der Waals surface area contributed by atoms with E-state index in [-0.39, 0.29) is 42.7 Å². The molecule has 0 aromatic heterocycles. The average molecular weight is 674 g/mol. The van der Waals surface area contributed by atoms with Crippen LogP contribution in [0.25, 0.3) is 21.9 Å². The Balaban J connectivity index is 1.15. The van der Waals surface area contributed by atoms with E-state index >= 15 is 0 Å². The van der Waals surface area contributed by atoms with Crippen molar-refractivity contribution in [3.8, 4) is 11.1 Å². The minimum atomic E-state index is -4.40. The molecule has 4 aromatic rings. The van der Waals surface area contributed by atoms with Gasteiger partial charge in [-0.25, -0.2) is 9.59 Å². The van der Waals surface area contributed by atoms with Gasteiger partial charge in [0.2, 0.25) is 5.91 Å². The summed E-state index contributed by atoms with van der Waals surface area (Å²) in [6.45, 7) is 5.76. The third-order valence-corrected chi connectivity index (χ3v) is 8.82. The van der Waals surface area contributed by atoms with Gasteiger partial charge in [-0.05, 0) is 61.6 Å². The molecule has 0 fully saturated rings. The Kier molecular flexibility index (Phi) is 10.4. The van der Waals surface area contributed by atoms with Crippen LogP contribution in [0.2, 0.25) is 0 Å². The smallest absolute Gasteiger partial charge is 0.407 e. The number of esters is 1. The molecular formula is C36H39N3O8S. The quantitative estimate of drug-likeness (QED) is 0.0847. The van der Waals surface area contributed by atoms with E-state index in [1.165, 1.54) is 12.1 Å². The third-order valence-electron chi connectivity index (χ3n) is 7.91. The number of ether oxygens (including phenoxy) is 2. The SMILES string of the molecule is CC(C)(C)OC(=O)C(CCC(=O)NCCNc1cccc2c(S(=O)(=O)O)cccc12)NC(=O)OCC1c2ccccc2-c2ccccc21. The minimum Gasteiger partial charge on any atom is -0.458 e. The molecule has 1 aliphatic carbocycles. The van der Waals surface area contributed by atoms with E-state index < -0.39 is 33.8 Å². The van der Waals surface area contributed by atoms with Crippen LogP contribution in [0.1, 0.15) is 50.7 Å². The van der Waals surface area contributed by atoms with Gasteiger partial charge in [0.15, 0.2) is 0 Å². The second kappa shape index (κ2) is 14.4. The second-order valence-corrected chi connectivity index (χ2v) is 13.9. The Morgan fingerprint density at radius 1 is 0.833 bits per heavy atom. The number of carbonyl (C=O) groups excluding carboxylic acids is 3. The minimum absolute atomic E-state index is 0.0138. The molecule has 252 valence electrons. The Bertz CT molecular complexity index is 1890. The van der Waals surface area contributed by atoms with Crippen molar-refractivity contribution >= 4 is 44.5 Å². The summed E-state index contributed by atoms with van der Waals surface area (Å²) in [5.41, 5.74) is 4.13. The number of fused-ring (bicyclic) bond motifs is 4. The normalized spacial score (nSPS) is 13.2. The van der Waals surface area contributed by atoms with Crippen LogP contribution in [-0.2, 0) is 29.2 Å². The van der Waals surface area contributed by atoms with Gasteiger partial charge in [-0.1, -0.05) is 72.8 Å². The van der Waals surface area contributed by atoms with Gasteiger partial charge in [-0.2, -0.15) is 8.42 Å². The summed E-state index contributed by atoms with van der Waals surface area (Å²) in [5.74, 6) is -1.17. The lowest BCUT2D eigenvalue weighted by molar-refractivity contribution is -0.157. The van der Waals surface area contributed by atoms with Crippen molar-refractivity contribution in [2.24, 2.45) is 0 Å². The predicted octanol–water partition coefficient (Wildman–Crippen LogP) is 5.64. The first kappa shape index (κ1) is 34.4. The average Bonchev–Trinajstić information content (AvgIpc) is 3.36. The van der Waals surface area contributed by atoms with Gasteiger partial charge in [0.1, 0.15) is 23.1 Å². The zero-order valence-electron chi connectivity index (χ0n) is 27.0. The molecule has 2 amide bonds. The highest BCUT2D eigenvalue weighted by molar-refractivity contribution is 7.86. The highest BCUT2D eigenvalue weighted by Crippen LogP contribution is 2.44. The first-order valence-corrected chi connectivity index (χ1v) is 17.1.